The second kappa shape index (κ2) is 7.29. The molecule has 0 amide bonds. The van der Waals surface area contributed by atoms with Gasteiger partial charge in [0, 0.05) is 12.8 Å². The Morgan fingerprint density at radius 1 is 1.00 bits per heavy atom. The second-order valence-electron chi connectivity index (χ2n) is 6.71. The smallest absolute Gasteiger partial charge is 0.166 e. The van der Waals surface area contributed by atoms with E-state index in [4.69, 9.17) is 0 Å². The molecule has 0 radical (unpaired) electrons. The van der Waals surface area contributed by atoms with E-state index in [1.165, 1.54) is 25.8 Å². The summed E-state index contributed by atoms with van der Waals surface area (Å²) in [6, 6.07) is 20.7. The van der Waals surface area contributed by atoms with Gasteiger partial charge in [0.15, 0.2) is 5.60 Å². The first kappa shape index (κ1) is 16.2. The Bertz CT molecular complexity index is 556. The van der Waals surface area contributed by atoms with Crippen molar-refractivity contribution in [2.24, 2.45) is 0 Å². The lowest BCUT2D eigenvalue weighted by Gasteiger charge is -2.37. The molecule has 1 aliphatic heterocycles. The third-order valence-corrected chi connectivity index (χ3v) is 5.27. The van der Waals surface area contributed by atoms with Crippen LogP contribution in [0.3, 0.4) is 0 Å². The van der Waals surface area contributed by atoms with E-state index in [1.807, 2.05) is 36.4 Å². The number of nitrogens with one attached hydrogen (secondary N) is 1. The van der Waals surface area contributed by atoms with Crippen LogP contribution in [0.5, 0.6) is 0 Å². The quantitative estimate of drug-likeness (QED) is 0.842. The van der Waals surface area contributed by atoms with Crippen LogP contribution in [-0.4, -0.2) is 24.2 Å². The third kappa shape index (κ3) is 3.19. The van der Waals surface area contributed by atoms with Gasteiger partial charge in [0.2, 0.25) is 0 Å². The molecule has 1 heterocycles. The molecule has 0 saturated carbocycles. The van der Waals surface area contributed by atoms with Gasteiger partial charge in [0.1, 0.15) is 6.04 Å². The summed E-state index contributed by atoms with van der Waals surface area (Å²) in [6.45, 7) is 4.57. The zero-order valence-electron chi connectivity index (χ0n) is 14.0. The molecule has 0 aromatic heterocycles. The van der Waals surface area contributed by atoms with Crippen LogP contribution in [0.15, 0.2) is 60.7 Å². The molecule has 2 atom stereocenters. The Balaban J connectivity index is 2.02. The van der Waals surface area contributed by atoms with Crippen molar-refractivity contribution in [2.75, 3.05) is 13.1 Å². The molecule has 2 aromatic carbocycles. The lowest BCUT2D eigenvalue weighted by molar-refractivity contribution is -0.920. The Labute approximate surface area is 139 Å². The highest BCUT2D eigenvalue weighted by molar-refractivity contribution is 5.37. The number of hydrogen-bond acceptors (Lipinski definition) is 1. The van der Waals surface area contributed by atoms with E-state index in [9.17, 15) is 5.11 Å². The van der Waals surface area contributed by atoms with Crippen LogP contribution in [0.4, 0.5) is 0 Å². The van der Waals surface area contributed by atoms with Gasteiger partial charge in [0.25, 0.3) is 0 Å². The van der Waals surface area contributed by atoms with Gasteiger partial charge in [-0.1, -0.05) is 74.0 Å². The minimum Gasteiger partial charge on any atom is -0.374 e. The molecular formula is C21H28NO+. The van der Waals surface area contributed by atoms with Crippen molar-refractivity contribution >= 4 is 0 Å². The van der Waals surface area contributed by atoms with Crippen molar-refractivity contribution in [3.8, 4) is 0 Å². The van der Waals surface area contributed by atoms with Gasteiger partial charge in [-0.25, -0.2) is 0 Å². The van der Waals surface area contributed by atoms with Crippen molar-refractivity contribution in [2.45, 2.75) is 44.2 Å². The standard InChI is InChI=1S/C21H27NO/c1-2-3-16-22-17-10-15-20(22)21(23,18-11-6-4-7-12-18)19-13-8-5-9-14-19/h4-9,11-14,20,23H,2-3,10,15-17H2,1H3/p+1. The Morgan fingerprint density at radius 2 is 1.57 bits per heavy atom. The van der Waals surface area contributed by atoms with Gasteiger partial charge in [-0.3, -0.25) is 0 Å². The maximum atomic E-state index is 11.9. The summed E-state index contributed by atoms with van der Waals surface area (Å²) in [5, 5.41) is 11.9. The fourth-order valence-electron chi connectivity index (χ4n) is 4.07. The van der Waals surface area contributed by atoms with Crippen LogP contribution in [0.1, 0.15) is 43.7 Å². The number of hydrogen-bond donors (Lipinski definition) is 2. The number of rotatable bonds is 6. The second-order valence-corrected chi connectivity index (χ2v) is 6.71. The molecule has 122 valence electrons. The van der Waals surface area contributed by atoms with Gasteiger partial charge in [0.05, 0.1) is 13.1 Å². The van der Waals surface area contributed by atoms with Crippen LogP contribution >= 0.6 is 0 Å². The fourth-order valence-corrected chi connectivity index (χ4v) is 4.07. The number of benzene rings is 2. The molecule has 23 heavy (non-hydrogen) atoms. The van der Waals surface area contributed by atoms with Crippen molar-refractivity contribution in [3.63, 3.8) is 0 Å². The summed E-state index contributed by atoms with van der Waals surface area (Å²) in [5.41, 5.74) is 1.14. The lowest BCUT2D eigenvalue weighted by atomic mass is 9.79. The molecule has 0 bridgehead atoms. The molecule has 0 spiro atoms. The van der Waals surface area contributed by atoms with Gasteiger partial charge in [-0.05, 0) is 17.5 Å². The van der Waals surface area contributed by atoms with E-state index in [1.54, 1.807) is 4.90 Å². The van der Waals surface area contributed by atoms with Crippen LogP contribution in [0.25, 0.3) is 0 Å². The molecule has 2 nitrogen and oxygen atoms in total. The highest BCUT2D eigenvalue weighted by atomic mass is 16.3. The number of unbranched alkanes of at least 4 members (excludes halogenated alkanes) is 1. The van der Waals surface area contributed by atoms with Gasteiger partial charge in [-0.15, -0.1) is 0 Å². The van der Waals surface area contributed by atoms with E-state index >= 15 is 0 Å². The maximum Gasteiger partial charge on any atom is 0.166 e. The monoisotopic (exact) mass is 310 g/mol. The van der Waals surface area contributed by atoms with Crippen LogP contribution in [0.2, 0.25) is 0 Å². The molecule has 1 fully saturated rings. The van der Waals surface area contributed by atoms with Crippen molar-refractivity contribution in [3.05, 3.63) is 71.8 Å². The highest BCUT2D eigenvalue weighted by Gasteiger charge is 2.48. The molecule has 2 unspecified atom stereocenters. The minimum absolute atomic E-state index is 0.235. The average Bonchev–Trinajstić information content (AvgIpc) is 3.10. The first-order valence-corrected chi connectivity index (χ1v) is 8.94. The normalized spacial score (nSPS) is 21.5. The van der Waals surface area contributed by atoms with Crippen molar-refractivity contribution < 1.29 is 10.0 Å². The van der Waals surface area contributed by atoms with E-state index in [2.05, 4.69) is 31.2 Å². The molecule has 1 aliphatic rings. The van der Waals surface area contributed by atoms with E-state index in [-0.39, 0.29) is 6.04 Å². The molecule has 0 aliphatic carbocycles. The average molecular weight is 310 g/mol. The molecule has 2 aromatic rings. The van der Waals surface area contributed by atoms with Crippen molar-refractivity contribution in [1.29, 1.82) is 0 Å². The lowest BCUT2D eigenvalue weighted by Crippen LogP contribution is -3.15. The Kier molecular flexibility index (Phi) is 5.14. The zero-order chi connectivity index (χ0) is 16.1. The van der Waals surface area contributed by atoms with Crippen LogP contribution in [0, 0.1) is 0 Å². The van der Waals surface area contributed by atoms with Crippen LogP contribution in [-0.2, 0) is 5.60 Å². The summed E-state index contributed by atoms with van der Waals surface area (Å²) in [7, 11) is 0. The molecule has 3 rings (SSSR count). The summed E-state index contributed by atoms with van der Waals surface area (Å²) in [4.78, 5) is 1.56. The number of quaternary nitrogens is 1. The number of likely N-dealkylation sites (tertiary alicyclic amines) is 1. The van der Waals surface area contributed by atoms with Crippen molar-refractivity contribution in [1.82, 2.24) is 0 Å². The van der Waals surface area contributed by atoms with E-state index < -0.39 is 5.60 Å². The SMILES string of the molecule is CCCC[NH+]1CCCC1C(O)(c1ccccc1)c1ccccc1. The van der Waals surface area contributed by atoms with Gasteiger partial charge in [-0.2, -0.15) is 0 Å². The van der Waals surface area contributed by atoms with Gasteiger partial charge < -0.3 is 10.0 Å². The summed E-state index contributed by atoms with van der Waals surface area (Å²) in [5.74, 6) is 0. The summed E-state index contributed by atoms with van der Waals surface area (Å²) < 4.78 is 0. The first-order valence-electron chi connectivity index (χ1n) is 8.94. The van der Waals surface area contributed by atoms with E-state index in [0.29, 0.717) is 0 Å². The summed E-state index contributed by atoms with van der Waals surface area (Å²) >= 11 is 0. The maximum absolute atomic E-state index is 11.9. The van der Waals surface area contributed by atoms with Crippen LogP contribution < -0.4 is 4.90 Å². The highest BCUT2D eigenvalue weighted by Crippen LogP contribution is 2.34. The number of aliphatic hydroxyl groups is 1. The molecule has 2 N–H and O–H groups in total. The molecule has 1 saturated heterocycles. The first-order chi connectivity index (χ1) is 11.3. The zero-order valence-corrected chi connectivity index (χ0v) is 14.0. The van der Waals surface area contributed by atoms with E-state index in [0.717, 1.165) is 24.1 Å². The molecule has 2 heteroatoms. The third-order valence-electron chi connectivity index (χ3n) is 5.27. The Morgan fingerprint density at radius 3 is 2.09 bits per heavy atom. The predicted octanol–water partition coefficient (Wildman–Crippen LogP) is 2.77. The molecular weight excluding hydrogens is 282 g/mol. The fraction of sp³-hybridized carbons (Fsp3) is 0.429. The summed E-state index contributed by atoms with van der Waals surface area (Å²) in [6.07, 6.45) is 4.72. The largest absolute Gasteiger partial charge is 0.374 e. The Hall–Kier alpha value is -1.64. The van der Waals surface area contributed by atoms with Gasteiger partial charge >= 0.3 is 0 Å². The predicted molar refractivity (Wildman–Crippen MR) is 94.5 cm³/mol. The minimum atomic E-state index is -0.901. The topological polar surface area (TPSA) is 24.7 Å².